The number of carbonyl (C=O) groups excluding carboxylic acids is 1. The minimum atomic E-state index is -3.54. The summed E-state index contributed by atoms with van der Waals surface area (Å²) in [6.45, 7) is 3.16. The first-order chi connectivity index (χ1) is 12.3. The SMILES string of the molecule is CCNc1ccc(S(=O)(=O)N(C)C)cc1NCC(=O)NCc1cccs1. The number of hydrogen-bond acceptors (Lipinski definition) is 6. The van der Waals surface area contributed by atoms with Crippen LogP contribution in [0, 0.1) is 0 Å². The van der Waals surface area contributed by atoms with E-state index in [2.05, 4.69) is 16.0 Å². The molecule has 0 aliphatic rings. The van der Waals surface area contributed by atoms with Gasteiger partial charge in [-0.1, -0.05) is 6.07 Å². The van der Waals surface area contributed by atoms with Crippen LogP contribution in [0.25, 0.3) is 0 Å². The summed E-state index contributed by atoms with van der Waals surface area (Å²) in [5, 5.41) is 11.0. The monoisotopic (exact) mass is 396 g/mol. The fraction of sp³-hybridized carbons (Fsp3) is 0.353. The predicted octanol–water partition coefficient (Wildman–Crippen LogP) is 2.16. The lowest BCUT2D eigenvalue weighted by molar-refractivity contribution is -0.119. The third-order valence-electron chi connectivity index (χ3n) is 3.62. The second-order valence-corrected chi connectivity index (χ2v) is 8.92. The van der Waals surface area contributed by atoms with Gasteiger partial charge in [0.1, 0.15) is 0 Å². The number of rotatable bonds is 9. The molecule has 0 bridgehead atoms. The Kier molecular flexibility index (Phi) is 7.01. The fourth-order valence-corrected chi connectivity index (χ4v) is 3.80. The number of thiophene rings is 1. The molecule has 0 aliphatic heterocycles. The van der Waals surface area contributed by atoms with Gasteiger partial charge in [0.2, 0.25) is 15.9 Å². The van der Waals surface area contributed by atoms with Crippen molar-refractivity contribution >= 4 is 38.6 Å². The Bertz CT molecular complexity index is 834. The molecule has 1 aromatic carbocycles. The van der Waals surface area contributed by atoms with Crippen molar-refractivity contribution in [3.8, 4) is 0 Å². The first-order valence-electron chi connectivity index (χ1n) is 8.18. The Labute approximate surface area is 158 Å². The molecule has 0 aliphatic carbocycles. The summed E-state index contributed by atoms with van der Waals surface area (Å²) in [4.78, 5) is 13.3. The summed E-state index contributed by atoms with van der Waals surface area (Å²) in [5.41, 5.74) is 1.32. The lowest BCUT2D eigenvalue weighted by atomic mass is 10.2. The number of nitrogens with zero attached hydrogens (tertiary/aromatic N) is 1. The molecule has 9 heteroatoms. The second-order valence-electron chi connectivity index (χ2n) is 5.73. The van der Waals surface area contributed by atoms with Gasteiger partial charge in [-0.25, -0.2) is 12.7 Å². The Morgan fingerprint density at radius 2 is 1.92 bits per heavy atom. The number of amides is 1. The van der Waals surface area contributed by atoms with Gasteiger partial charge in [0.05, 0.1) is 29.4 Å². The van der Waals surface area contributed by atoms with Crippen LogP contribution in [0.5, 0.6) is 0 Å². The van der Waals surface area contributed by atoms with Crippen LogP contribution in [0.3, 0.4) is 0 Å². The van der Waals surface area contributed by atoms with Gasteiger partial charge in [0.15, 0.2) is 0 Å². The zero-order chi connectivity index (χ0) is 19.2. The Morgan fingerprint density at radius 3 is 2.54 bits per heavy atom. The lowest BCUT2D eigenvalue weighted by Gasteiger charge is -2.17. The van der Waals surface area contributed by atoms with Crippen molar-refractivity contribution in [1.82, 2.24) is 9.62 Å². The minimum Gasteiger partial charge on any atom is -0.384 e. The third-order valence-corrected chi connectivity index (χ3v) is 6.30. The average Bonchev–Trinajstić information content (AvgIpc) is 3.12. The highest BCUT2D eigenvalue weighted by molar-refractivity contribution is 7.89. The first kappa shape index (κ1) is 20.2. The van der Waals surface area contributed by atoms with Crippen molar-refractivity contribution in [2.45, 2.75) is 18.4 Å². The topological polar surface area (TPSA) is 90.5 Å². The zero-order valence-corrected chi connectivity index (χ0v) is 16.7. The van der Waals surface area contributed by atoms with E-state index in [-0.39, 0.29) is 17.3 Å². The van der Waals surface area contributed by atoms with Crippen molar-refractivity contribution in [3.05, 3.63) is 40.6 Å². The van der Waals surface area contributed by atoms with Gasteiger partial charge < -0.3 is 16.0 Å². The fourth-order valence-electron chi connectivity index (χ4n) is 2.22. The molecule has 1 amide bonds. The molecule has 0 saturated carbocycles. The van der Waals surface area contributed by atoms with E-state index in [1.165, 1.54) is 14.1 Å². The molecule has 0 unspecified atom stereocenters. The van der Waals surface area contributed by atoms with E-state index >= 15 is 0 Å². The maximum Gasteiger partial charge on any atom is 0.242 e. The molecule has 3 N–H and O–H groups in total. The smallest absolute Gasteiger partial charge is 0.242 e. The first-order valence-corrected chi connectivity index (χ1v) is 10.5. The van der Waals surface area contributed by atoms with Gasteiger partial charge in [0.25, 0.3) is 0 Å². The van der Waals surface area contributed by atoms with Crippen LogP contribution in [0.2, 0.25) is 0 Å². The van der Waals surface area contributed by atoms with Crippen LogP contribution in [-0.4, -0.2) is 45.8 Å². The van der Waals surface area contributed by atoms with Crippen molar-refractivity contribution in [2.75, 3.05) is 37.8 Å². The zero-order valence-electron chi connectivity index (χ0n) is 15.1. The van der Waals surface area contributed by atoms with Gasteiger partial charge in [-0.2, -0.15) is 0 Å². The Morgan fingerprint density at radius 1 is 1.15 bits per heavy atom. The number of nitrogens with one attached hydrogen (secondary N) is 3. The second kappa shape index (κ2) is 9.02. The average molecular weight is 397 g/mol. The third kappa shape index (κ3) is 5.20. The van der Waals surface area contributed by atoms with E-state index in [1.54, 1.807) is 29.5 Å². The minimum absolute atomic E-state index is 0.0508. The number of sulfonamides is 1. The molecule has 2 aromatic rings. The van der Waals surface area contributed by atoms with Gasteiger partial charge in [-0.05, 0) is 36.6 Å². The number of benzene rings is 1. The van der Waals surface area contributed by atoms with E-state index in [0.717, 1.165) is 14.9 Å². The summed E-state index contributed by atoms with van der Waals surface area (Å²) >= 11 is 1.58. The van der Waals surface area contributed by atoms with Crippen molar-refractivity contribution < 1.29 is 13.2 Å². The Hall–Kier alpha value is -2.10. The van der Waals surface area contributed by atoms with Crippen LogP contribution < -0.4 is 16.0 Å². The number of anilines is 2. The van der Waals surface area contributed by atoms with Crippen LogP contribution in [-0.2, 0) is 21.4 Å². The predicted molar refractivity (Wildman–Crippen MR) is 106 cm³/mol. The van der Waals surface area contributed by atoms with E-state index in [9.17, 15) is 13.2 Å². The van der Waals surface area contributed by atoms with E-state index in [4.69, 9.17) is 0 Å². The van der Waals surface area contributed by atoms with Crippen LogP contribution >= 0.6 is 11.3 Å². The molecule has 0 saturated heterocycles. The van der Waals surface area contributed by atoms with Crippen molar-refractivity contribution in [2.24, 2.45) is 0 Å². The van der Waals surface area contributed by atoms with Gasteiger partial charge in [-0.15, -0.1) is 11.3 Å². The molecule has 1 heterocycles. The maximum atomic E-state index is 12.3. The van der Waals surface area contributed by atoms with Gasteiger partial charge in [-0.3, -0.25) is 4.79 Å². The number of carbonyl (C=O) groups is 1. The quantitative estimate of drug-likeness (QED) is 0.604. The van der Waals surface area contributed by atoms with Gasteiger partial charge >= 0.3 is 0 Å². The lowest BCUT2D eigenvalue weighted by Crippen LogP contribution is -2.29. The highest BCUT2D eigenvalue weighted by Gasteiger charge is 2.19. The van der Waals surface area contributed by atoms with Crippen LogP contribution in [0.4, 0.5) is 11.4 Å². The summed E-state index contributed by atoms with van der Waals surface area (Å²) in [6, 6.07) is 8.68. The highest BCUT2D eigenvalue weighted by atomic mass is 32.2. The standard InChI is InChI=1S/C17H24N4O3S2/c1-4-18-15-8-7-14(26(23,24)21(2)3)10-16(15)19-12-17(22)20-11-13-6-5-9-25-13/h5-10,18-19H,4,11-12H2,1-3H3,(H,20,22). The van der Waals surface area contributed by atoms with E-state index < -0.39 is 10.0 Å². The van der Waals surface area contributed by atoms with Crippen LogP contribution in [0.15, 0.2) is 40.6 Å². The molecule has 0 spiro atoms. The molecule has 26 heavy (non-hydrogen) atoms. The molecule has 1 aromatic heterocycles. The highest BCUT2D eigenvalue weighted by Crippen LogP contribution is 2.26. The summed E-state index contributed by atoms with van der Waals surface area (Å²) in [6.07, 6.45) is 0. The van der Waals surface area contributed by atoms with E-state index in [1.807, 2.05) is 24.4 Å². The van der Waals surface area contributed by atoms with Crippen molar-refractivity contribution in [1.29, 1.82) is 0 Å². The molecule has 142 valence electrons. The van der Waals surface area contributed by atoms with E-state index in [0.29, 0.717) is 18.8 Å². The molecule has 7 nitrogen and oxygen atoms in total. The molecule has 0 atom stereocenters. The molecular formula is C17H24N4O3S2. The normalized spacial score (nSPS) is 11.4. The molecule has 0 radical (unpaired) electrons. The molecule has 2 rings (SSSR count). The largest absolute Gasteiger partial charge is 0.384 e. The number of hydrogen-bond donors (Lipinski definition) is 3. The van der Waals surface area contributed by atoms with Crippen LogP contribution in [0.1, 0.15) is 11.8 Å². The summed E-state index contributed by atoms with van der Waals surface area (Å²) in [5.74, 6) is -0.165. The summed E-state index contributed by atoms with van der Waals surface area (Å²) in [7, 11) is -0.574. The molecule has 0 fully saturated rings. The summed E-state index contributed by atoms with van der Waals surface area (Å²) < 4.78 is 25.8. The van der Waals surface area contributed by atoms with Gasteiger partial charge in [0, 0.05) is 25.5 Å². The Balaban J connectivity index is 2.09. The van der Waals surface area contributed by atoms with Crippen molar-refractivity contribution in [3.63, 3.8) is 0 Å². The maximum absolute atomic E-state index is 12.3. The molecular weight excluding hydrogens is 372 g/mol.